The molecule has 0 N–H and O–H groups in total. The second kappa shape index (κ2) is 14.7. The molecule has 2 heteroatoms. The summed E-state index contributed by atoms with van der Waals surface area (Å²) in [7, 11) is 0. The van der Waals surface area contributed by atoms with Crippen LogP contribution >= 0.6 is 0 Å². The van der Waals surface area contributed by atoms with E-state index in [9.17, 15) is 0 Å². The van der Waals surface area contributed by atoms with Crippen molar-refractivity contribution >= 4 is 54.1 Å². The molecule has 0 spiro atoms. The van der Waals surface area contributed by atoms with Gasteiger partial charge in [-0.25, -0.2) is 0 Å². The number of rotatable bonds is 11. The average Bonchev–Trinajstić information content (AvgIpc) is 3.79. The monoisotopic (exact) mass is 722 g/mol. The van der Waals surface area contributed by atoms with E-state index in [1.54, 1.807) is 0 Å². The lowest BCUT2D eigenvalue weighted by Crippen LogP contribution is -1.99. The Labute approximate surface area is 329 Å². The van der Waals surface area contributed by atoms with Gasteiger partial charge in [0, 0.05) is 22.5 Å². The smallest absolute Gasteiger partial charge is 0.0724 e. The second-order valence-corrected chi connectivity index (χ2v) is 15.4. The molecule has 8 aromatic carbocycles. The number of hydrogen-bond donors (Lipinski definition) is 0. The number of aryl methyl sites for hydroxylation is 1. The van der Waals surface area contributed by atoms with Crippen LogP contribution < -0.4 is 0 Å². The van der Waals surface area contributed by atoms with Gasteiger partial charge in [-0.3, -0.25) is 0 Å². The quantitative estimate of drug-likeness (QED) is 0.0929. The fourth-order valence-electron chi connectivity index (χ4n) is 9.16. The molecule has 10 rings (SSSR count). The third-order valence-electron chi connectivity index (χ3n) is 11.9. The van der Waals surface area contributed by atoms with Crippen molar-refractivity contribution < 1.29 is 0 Å². The zero-order valence-electron chi connectivity index (χ0n) is 32.1. The standard InChI is InChI=1S/C54H46N2/c1-2-3-4-5-6-8-19-38-30-32-44(33-31-38)56-50-37-51(53-45-26-15-11-20-39(45)34-40-21-12-16-27-46(40)53)55(43-24-9-7-10-25-43)49(50)36-52(56)54-47-28-17-13-22-41(47)35-42-23-14-18-29-48(42)54/h7,9-18,20-37H,2-6,8,19H2,1H3. The number of fused-ring (bicyclic) bond motifs is 5. The molecule has 0 aliphatic rings. The molecular formula is C54H46N2. The average molecular weight is 723 g/mol. The van der Waals surface area contributed by atoms with E-state index in [2.05, 4.69) is 192 Å². The van der Waals surface area contributed by atoms with Crippen LogP contribution in [0, 0.1) is 0 Å². The summed E-state index contributed by atoms with van der Waals surface area (Å²) < 4.78 is 5.04. The lowest BCUT2D eigenvalue weighted by Gasteiger charge is -2.17. The molecule has 2 aromatic heterocycles. The van der Waals surface area contributed by atoms with Gasteiger partial charge >= 0.3 is 0 Å². The number of nitrogens with zero attached hydrogens (tertiary/aromatic N) is 2. The number of benzene rings is 8. The van der Waals surface area contributed by atoms with E-state index in [0.717, 1.165) is 12.1 Å². The Morgan fingerprint density at radius 1 is 0.357 bits per heavy atom. The molecule has 0 radical (unpaired) electrons. The number of para-hydroxylation sites is 1. The van der Waals surface area contributed by atoms with E-state index in [-0.39, 0.29) is 0 Å². The van der Waals surface area contributed by atoms with Crippen molar-refractivity contribution in [3.8, 4) is 33.9 Å². The van der Waals surface area contributed by atoms with Gasteiger partial charge in [0.2, 0.25) is 0 Å². The molecule has 0 aliphatic carbocycles. The first-order chi connectivity index (χ1) is 27.8. The number of hydrogen-bond acceptors (Lipinski definition) is 0. The van der Waals surface area contributed by atoms with Gasteiger partial charge in [-0.2, -0.15) is 0 Å². The highest BCUT2D eigenvalue weighted by Gasteiger charge is 2.24. The van der Waals surface area contributed by atoms with Crippen LogP contribution in [0.4, 0.5) is 0 Å². The lowest BCUT2D eigenvalue weighted by atomic mass is 9.94. The molecule has 0 bridgehead atoms. The molecule has 0 aliphatic heterocycles. The topological polar surface area (TPSA) is 9.86 Å². The Bertz CT molecular complexity index is 2890. The van der Waals surface area contributed by atoms with E-state index in [1.807, 2.05) is 0 Å². The van der Waals surface area contributed by atoms with Gasteiger partial charge in [-0.1, -0.05) is 166 Å². The first-order valence-corrected chi connectivity index (χ1v) is 20.5. The first kappa shape index (κ1) is 34.1. The van der Waals surface area contributed by atoms with Crippen LogP contribution in [-0.2, 0) is 6.42 Å². The maximum absolute atomic E-state index is 2.54. The summed E-state index contributed by atoms with van der Waals surface area (Å²) in [6, 6.07) is 65.4. The van der Waals surface area contributed by atoms with E-state index in [0.29, 0.717) is 0 Å². The van der Waals surface area contributed by atoms with Gasteiger partial charge in [-0.15, -0.1) is 0 Å². The Hall–Kier alpha value is -6.38. The predicted molar refractivity (Wildman–Crippen MR) is 241 cm³/mol. The third kappa shape index (κ3) is 5.97. The van der Waals surface area contributed by atoms with E-state index in [4.69, 9.17) is 0 Å². The zero-order valence-corrected chi connectivity index (χ0v) is 32.1. The molecular weight excluding hydrogens is 677 g/mol. The van der Waals surface area contributed by atoms with Crippen molar-refractivity contribution in [2.24, 2.45) is 0 Å². The van der Waals surface area contributed by atoms with Crippen LogP contribution in [0.3, 0.4) is 0 Å². The Balaban J connectivity index is 1.26. The summed E-state index contributed by atoms with van der Waals surface area (Å²) in [6.45, 7) is 2.29. The molecule has 272 valence electrons. The Morgan fingerprint density at radius 3 is 1.21 bits per heavy atom. The maximum Gasteiger partial charge on any atom is 0.0724 e. The molecule has 0 saturated carbocycles. The molecule has 0 amide bonds. The summed E-state index contributed by atoms with van der Waals surface area (Å²) in [6.07, 6.45) is 8.99. The molecule has 0 fully saturated rings. The largest absolute Gasteiger partial charge is 0.308 e. The minimum atomic E-state index is 1.12. The highest BCUT2D eigenvalue weighted by Crippen LogP contribution is 2.45. The highest BCUT2D eigenvalue weighted by molar-refractivity contribution is 6.16. The zero-order chi connectivity index (χ0) is 37.4. The van der Waals surface area contributed by atoms with E-state index >= 15 is 0 Å². The van der Waals surface area contributed by atoms with Crippen molar-refractivity contribution in [1.29, 1.82) is 0 Å². The lowest BCUT2D eigenvalue weighted by molar-refractivity contribution is 0.607. The Kier molecular flexibility index (Phi) is 8.96. The van der Waals surface area contributed by atoms with E-state index in [1.165, 1.54) is 126 Å². The molecule has 10 aromatic rings. The maximum atomic E-state index is 2.54. The van der Waals surface area contributed by atoms with E-state index < -0.39 is 0 Å². The van der Waals surface area contributed by atoms with Gasteiger partial charge in [0.05, 0.1) is 22.4 Å². The molecule has 0 atom stereocenters. The van der Waals surface area contributed by atoms with Crippen molar-refractivity contribution in [2.75, 3.05) is 0 Å². The van der Waals surface area contributed by atoms with Crippen molar-refractivity contribution in [3.63, 3.8) is 0 Å². The highest BCUT2D eigenvalue weighted by atomic mass is 15.1. The molecule has 2 heterocycles. The van der Waals surface area contributed by atoms with Gasteiger partial charge in [-0.05, 0) is 110 Å². The van der Waals surface area contributed by atoms with Gasteiger partial charge < -0.3 is 9.13 Å². The number of unbranched alkanes of at least 4 members (excludes halogenated alkanes) is 5. The van der Waals surface area contributed by atoms with Crippen LogP contribution in [-0.4, -0.2) is 9.13 Å². The first-order valence-electron chi connectivity index (χ1n) is 20.5. The second-order valence-electron chi connectivity index (χ2n) is 15.4. The summed E-state index contributed by atoms with van der Waals surface area (Å²) in [5.74, 6) is 0. The van der Waals surface area contributed by atoms with Crippen molar-refractivity contribution in [3.05, 3.63) is 181 Å². The van der Waals surface area contributed by atoms with Crippen LogP contribution in [0.1, 0.15) is 51.0 Å². The fourth-order valence-corrected chi connectivity index (χ4v) is 9.16. The van der Waals surface area contributed by atoms with Gasteiger partial charge in [0.15, 0.2) is 0 Å². The predicted octanol–water partition coefficient (Wildman–Crippen LogP) is 15.3. The van der Waals surface area contributed by atoms with Crippen molar-refractivity contribution in [2.45, 2.75) is 51.9 Å². The van der Waals surface area contributed by atoms with Crippen LogP contribution in [0.5, 0.6) is 0 Å². The Morgan fingerprint density at radius 2 is 0.750 bits per heavy atom. The van der Waals surface area contributed by atoms with Crippen LogP contribution in [0.25, 0.3) is 88.0 Å². The molecule has 0 saturated heterocycles. The van der Waals surface area contributed by atoms with Crippen molar-refractivity contribution in [1.82, 2.24) is 9.13 Å². The van der Waals surface area contributed by atoms with Gasteiger partial charge in [0.25, 0.3) is 0 Å². The molecule has 2 nitrogen and oxygen atoms in total. The molecule has 0 unspecified atom stereocenters. The summed E-state index contributed by atoms with van der Waals surface area (Å²) in [5, 5.41) is 10.0. The summed E-state index contributed by atoms with van der Waals surface area (Å²) >= 11 is 0. The SMILES string of the molecule is CCCCCCCCc1ccc(-n2c(-c3c4ccccc4cc4ccccc34)cc3c2cc(-c2c4ccccc4cc4ccccc24)n3-c2ccccc2)cc1. The summed E-state index contributed by atoms with van der Waals surface area (Å²) in [5.41, 5.74) is 11.0. The third-order valence-corrected chi connectivity index (χ3v) is 11.9. The van der Waals surface area contributed by atoms with Gasteiger partial charge in [0.1, 0.15) is 0 Å². The minimum absolute atomic E-state index is 1.12. The van der Waals surface area contributed by atoms with Crippen LogP contribution in [0.2, 0.25) is 0 Å². The molecule has 56 heavy (non-hydrogen) atoms. The minimum Gasteiger partial charge on any atom is -0.308 e. The normalized spacial score (nSPS) is 11.8. The number of aromatic nitrogens is 2. The van der Waals surface area contributed by atoms with Crippen LogP contribution in [0.15, 0.2) is 176 Å². The fraction of sp³-hybridized carbons (Fsp3) is 0.148. The summed E-state index contributed by atoms with van der Waals surface area (Å²) in [4.78, 5) is 0.